The fraction of sp³-hybridized carbons (Fsp3) is 0.741. The summed E-state index contributed by atoms with van der Waals surface area (Å²) in [6, 6.07) is 6.45. The zero-order chi connectivity index (χ0) is 22.4. The Morgan fingerprint density at radius 2 is 1.69 bits per heavy atom. The number of hydrogen-bond donors (Lipinski definition) is 1. The van der Waals surface area contributed by atoms with Crippen molar-refractivity contribution < 1.29 is 4.79 Å². The van der Waals surface area contributed by atoms with Gasteiger partial charge in [-0.25, -0.2) is 0 Å². The second kappa shape index (κ2) is 12.3. The summed E-state index contributed by atoms with van der Waals surface area (Å²) >= 11 is 0. The number of anilines is 1. The minimum Gasteiger partial charge on any atom is -0.368 e. The molecule has 4 nitrogen and oxygen atoms in total. The number of carbonyl (C=O) groups is 1. The number of rotatable bonds is 7. The van der Waals surface area contributed by atoms with Crippen molar-refractivity contribution in [2.45, 2.75) is 79.1 Å². The van der Waals surface area contributed by atoms with E-state index in [1.54, 1.807) is 0 Å². The third-order valence-electron chi connectivity index (χ3n) is 7.56. The maximum Gasteiger partial charge on any atom is 0.253 e. The van der Waals surface area contributed by atoms with E-state index >= 15 is 0 Å². The molecular formula is C27H46ClN3O. The van der Waals surface area contributed by atoms with Gasteiger partial charge in [0.25, 0.3) is 5.91 Å². The molecule has 1 heterocycles. The van der Waals surface area contributed by atoms with Crippen molar-refractivity contribution in [3.8, 4) is 0 Å². The van der Waals surface area contributed by atoms with Gasteiger partial charge in [-0.2, -0.15) is 0 Å². The molecule has 2 aliphatic rings. The number of para-hydroxylation sites is 1. The molecule has 5 heteroatoms. The van der Waals surface area contributed by atoms with E-state index in [1.807, 2.05) is 13.0 Å². The highest BCUT2D eigenvalue weighted by atomic mass is 35.5. The van der Waals surface area contributed by atoms with Crippen molar-refractivity contribution >= 4 is 24.0 Å². The fourth-order valence-corrected chi connectivity index (χ4v) is 5.53. The van der Waals surface area contributed by atoms with Crippen molar-refractivity contribution in [2.75, 3.05) is 44.2 Å². The second-order valence-corrected chi connectivity index (χ2v) is 10.7. The maximum atomic E-state index is 13.0. The van der Waals surface area contributed by atoms with Crippen LogP contribution in [0.2, 0.25) is 0 Å². The molecule has 182 valence electrons. The van der Waals surface area contributed by atoms with Gasteiger partial charge in [-0.05, 0) is 74.5 Å². The number of halogens is 1. The zero-order valence-corrected chi connectivity index (χ0v) is 21.9. The minimum atomic E-state index is 0. The minimum absolute atomic E-state index is 0. The first-order valence-corrected chi connectivity index (χ1v) is 12.7. The average molecular weight is 464 g/mol. The Hall–Kier alpha value is -1.26. The van der Waals surface area contributed by atoms with E-state index in [0.29, 0.717) is 17.9 Å². The van der Waals surface area contributed by atoms with Gasteiger partial charge in [0.15, 0.2) is 0 Å². The largest absolute Gasteiger partial charge is 0.368 e. The van der Waals surface area contributed by atoms with Crippen LogP contribution in [0.5, 0.6) is 0 Å². The summed E-state index contributed by atoms with van der Waals surface area (Å²) in [4.78, 5) is 18.1. The van der Waals surface area contributed by atoms with E-state index in [2.05, 4.69) is 54.9 Å². The Labute approximate surface area is 202 Å². The van der Waals surface area contributed by atoms with Crippen LogP contribution < -0.4 is 10.2 Å². The highest BCUT2D eigenvalue weighted by Crippen LogP contribution is 2.45. The molecule has 1 saturated heterocycles. The highest BCUT2D eigenvalue weighted by molar-refractivity contribution is 6.00. The van der Waals surface area contributed by atoms with Crippen LogP contribution >= 0.6 is 12.4 Å². The summed E-state index contributed by atoms with van der Waals surface area (Å²) in [5, 5.41) is 3.06. The number of hydrogen-bond acceptors (Lipinski definition) is 3. The van der Waals surface area contributed by atoms with Gasteiger partial charge >= 0.3 is 0 Å². The average Bonchev–Trinajstić information content (AvgIpc) is 2.77. The predicted octanol–water partition coefficient (Wildman–Crippen LogP) is 6.10. The lowest BCUT2D eigenvalue weighted by Gasteiger charge is -2.41. The summed E-state index contributed by atoms with van der Waals surface area (Å²) in [5.41, 5.74) is 3.91. The van der Waals surface area contributed by atoms with Crippen molar-refractivity contribution in [3.63, 3.8) is 0 Å². The van der Waals surface area contributed by atoms with Gasteiger partial charge in [0.1, 0.15) is 0 Å². The first kappa shape index (κ1) is 27.0. The topological polar surface area (TPSA) is 35.6 Å². The number of carbonyl (C=O) groups excluding carboxylic acids is 1. The van der Waals surface area contributed by atoms with Crippen LogP contribution in [0.4, 0.5) is 5.69 Å². The van der Waals surface area contributed by atoms with Gasteiger partial charge in [0.2, 0.25) is 0 Å². The molecular weight excluding hydrogens is 418 g/mol. The van der Waals surface area contributed by atoms with Gasteiger partial charge in [-0.3, -0.25) is 9.69 Å². The van der Waals surface area contributed by atoms with Crippen LogP contribution in [-0.4, -0.2) is 50.1 Å². The molecule has 1 aliphatic heterocycles. The van der Waals surface area contributed by atoms with Crippen molar-refractivity contribution in [3.05, 3.63) is 29.3 Å². The third-order valence-corrected chi connectivity index (χ3v) is 7.56. The van der Waals surface area contributed by atoms with Gasteiger partial charge in [-0.15, -0.1) is 12.4 Å². The normalized spacial score (nSPS) is 22.3. The first-order valence-electron chi connectivity index (χ1n) is 12.7. The monoisotopic (exact) mass is 463 g/mol. The van der Waals surface area contributed by atoms with E-state index in [4.69, 9.17) is 0 Å². The summed E-state index contributed by atoms with van der Waals surface area (Å²) < 4.78 is 0. The lowest BCUT2D eigenvalue weighted by Crippen LogP contribution is -2.47. The van der Waals surface area contributed by atoms with Crippen LogP contribution in [0.25, 0.3) is 0 Å². The Bertz CT molecular complexity index is 714. The molecule has 0 spiro atoms. The van der Waals surface area contributed by atoms with Crippen LogP contribution in [-0.2, 0) is 0 Å². The van der Waals surface area contributed by atoms with Crippen LogP contribution in [0.1, 0.15) is 95.0 Å². The third kappa shape index (κ3) is 6.63. The van der Waals surface area contributed by atoms with Crippen LogP contribution in [0, 0.1) is 11.3 Å². The predicted molar refractivity (Wildman–Crippen MR) is 139 cm³/mol. The van der Waals surface area contributed by atoms with Crippen molar-refractivity contribution in [1.82, 2.24) is 10.2 Å². The molecule has 1 aromatic rings. The van der Waals surface area contributed by atoms with Crippen molar-refractivity contribution in [2.24, 2.45) is 11.3 Å². The second-order valence-electron chi connectivity index (χ2n) is 10.7. The standard InChI is InChI=1S/C27H45N3O.ClH/c1-6-8-16-29-17-19-30(20-18-29)25-23(10-9-11-24(25)26(31)28-7-2)21-12-14-22(15-13-21)27(3,4)5;/h9-11,21-22H,6-8,12-20H2,1-5H3,(H,28,31);1H. The number of piperazine rings is 1. The number of nitrogens with one attached hydrogen (secondary N) is 1. The number of amides is 1. The molecule has 1 aliphatic carbocycles. The van der Waals surface area contributed by atoms with E-state index in [1.165, 1.54) is 56.3 Å². The molecule has 0 atom stereocenters. The Balaban J connectivity index is 0.00000363. The summed E-state index contributed by atoms with van der Waals surface area (Å²) in [5.74, 6) is 1.46. The molecule has 1 saturated carbocycles. The van der Waals surface area contributed by atoms with Crippen molar-refractivity contribution in [1.29, 1.82) is 0 Å². The number of unbranched alkanes of at least 4 members (excludes halogenated alkanes) is 1. The molecule has 32 heavy (non-hydrogen) atoms. The summed E-state index contributed by atoms with van der Waals surface area (Å²) in [7, 11) is 0. The fourth-order valence-electron chi connectivity index (χ4n) is 5.53. The Kier molecular flexibility index (Phi) is 10.4. The number of benzene rings is 1. The van der Waals surface area contributed by atoms with Gasteiger partial charge < -0.3 is 10.2 Å². The summed E-state index contributed by atoms with van der Waals surface area (Å²) in [6.07, 6.45) is 7.60. The lowest BCUT2D eigenvalue weighted by molar-refractivity contribution is 0.0956. The first-order chi connectivity index (χ1) is 14.8. The Morgan fingerprint density at radius 3 is 2.25 bits per heavy atom. The maximum absolute atomic E-state index is 13.0. The van der Waals surface area contributed by atoms with Gasteiger partial charge in [-0.1, -0.05) is 46.2 Å². The van der Waals surface area contributed by atoms with E-state index in [-0.39, 0.29) is 18.3 Å². The van der Waals surface area contributed by atoms with Gasteiger partial charge in [0.05, 0.1) is 11.3 Å². The van der Waals surface area contributed by atoms with Crippen LogP contribution in [0.15, 0.2) is 18.2 Å². The van der Waals surface area contributed by atoms with Crippen LogP contribution in [0.3, 0.4) is 0 Å². The van der Waals surface area contributed by atoms with E-state index in [0.717, 1.165) is 37.7 Å². The lowest BCUT2D eigenvalue weighted by atomic mass is 9.68. The molecule has 0 unspecified atom stereocenters. The smallest absolute Gasteiger partial charge is 0.253 e. The van der Waals surface area contributed by atoms with E-state index in [9.17, 15) is 4.79 Å². The molecule has 1 amide bonds. The Morgan fingerprint density at radius 1 is 1.03 bits per heavy atom. The quantitative estimate of drug-likeness (QED) is 0.530. The number of nitrogens with zero attached hydrogens (tertiary/aromatic N) is 2. The molecule has 0 aromatic heterocycles. The SMILES string of the molecule is CCCCN1CCN(c2c(C(=O)NCC)cccc2C2CCC(C(C)(C)C)CC2)CC1.Cl. The molecule has 0 radical (unpaired) electrons. The summed E-state index contributed by atoms with van der Waals surface area (Å²) in [6.45, 7) is 17.5. The molecule has 0 bridgehead atoms. The van der Waals surface area contributed by atoms with Gasteiger partial charge in [0, 0.05) is 32.7 Å². The molecule has 1 aromatic carbocycles. The zero-order valence-electron chi connectivity index (χ0n) is 21.1. The highest BCUT2D eigenvalue weighted by Gasteiger charge is 2.33. The molecule has 3 rings (SSSR count). The molecule has 1 N–H and O–H groups in total. The van der Waals surface area contributed by atoms with E-state index < -0.39 is 0 Å². The molecule has 2 fully saturated rings.